The average Bonchev–Trinajstić information content (AvgIpc) is 3.38. The van der Waals surface area contributed by atoms with Crippen molar-refractivity contribution in [2.75, 3.05) is 4.90 Å². The van der Waals surface area contributed by atoms with Gasteiger partial charge in [-0.25, -0.2) is 4.79 Å². The molecule has 152 valence electrons. The van der Waals surface area contributed by atoms with Crippen LogP contribution in [0.1, 0.15) is 29.3 Å². The molecule has 1 aliphatic heterocycles. The molecular formula is C24H20ClNO4. The molecule has 6 heteroatoms. The van der Waals surface area contributed by atoms with E-state index in [9.17, 15) is 14.4 Å². The standard InChI is InChI=1S/C24H20ClNO4/c1-13-10-16-11-18(13)21-20(16)22(27)26(23(21)28)17-8-6-14(7-9-17)24(29)30-12-15-4-2-3-5-19(15)25/h2-10,16,18,20-21H,11-12H2,1H3/t16-,18+,20+,21+/m1/s1. The molecule has 2 fully saturated rings. The van der Waals surface area contributed by atoms with E-state index >= 15 is 0 Å². The highest BCUT2D eigenvalue weighted by Crippen LogP contribution is 2.55. The summed E-state index contributed by atoms with van der Waals surface area (Å²) in [6.45, 7) is 2.12. The highest BCUT2D eigenvalue weighted by Gasteiger charge is 2.60. The fourth-order valence-corrected chi connectivity index (χ4v) is 5.31. The molecular weight excluding hydrogens is 402 g/mol. The summed E-state index contributed by atoms with van der Waals surface area (Å²) in [5, 5.41) is 0.538. The molecule has 1 heterocycles. The molecule has 0 N–H and O–H groups in total. The van der Waals surface area contributed by atoms with Gasteiger partial charge < -0.3 is 4.74 Å². The molecule has 2 amide bonds. The zero-order valence-corrected chi connectivity index (χ0v) is 17.1. The number of rotatable bonds is 4. The minimum atomic E-state index is -0.490. The number of amides is 2. The molecule has 0 spiro atoms. The third-order valence-corrected chi connectivity index (χ3v) is 6.93. The number of anilines is 1. The molecule has 2 aliphatic carbocycles. The van der Waals surface area contributed by atoms with Crippen molar-refractivity contribution in [3.63, 3.8) is 0 Å². The average molecular weight is 422 g/mol. The Hall–Kier alpha value is -2.92. The first-order valence-electron chi connectivity index (χ1n) is 10.0. The Labute approximate surface area is 179 Å². The van der Waals surface area contributed by atoms with Gasteiger partial charge in [0.05, 0.1) is 23.1 Å². The van der Waals surface area contributed by atoms with Crippen molar-refractivity contribution in [1.29, 1.82) is 0 Å². The summed E-state index contributed by atoms with van der Waals surface area (Å²) >= 11 is 6.08. The quantitative estimate of drug-likeness (QED) is 0.417. The maximum atomic E-state index is 13.0. The van der Waals surface area contributed by atoms with Gasteiger partial charge >= 0.3 is 5.97 Å². The predicted octanol–water partition coefficient (Wildman–Crippen LogP) is 4.40. The van der Waals surface area contributed by atoms with Crippen LogP contribution in [0.25, 0.3) is 0 Å². The fourth-order valence-electron chi connectivity index (χ4n) is 5.12. The van der Waals surface area contributed by atoms with Gasteiger partial charge in [-0.2, -0.15) is 0 Å². The number of allylic oxidation sites excluding steroid dienone is 2. The molecule has 30 heavy (non-hydrogen) atoms. The molecule has 2 aromatic rings. The van der Waals surface area contributed by atoms with E-state index in [1.165, 1.54) is 10.5 Å². The summed E-state index contributed by atoms with van der Waals surface area (Å²) in [6, 6.07) is 13.6. The maximum Gasteiger partial charge on any atom is 0.338 e. The van der Waals surface area contributed by atoms with Crippen LogP contribution in [0.15, 0.2) is 60.2 Å². The van der Waals surface area contributed by atoms with Crippen molar-refractivity contribution in [2.24, 2.45) is 23.7 Å². The molecule has 0 unspecified atom stereocenters. The molecule has 2 aromatic carbocycles. The molecule has 3 aliphatic rings. The largest absolute Gasteiger partial charge is 0.457 e. The summed E-state index contributed by atoms with van der Waals surface area (Å²) in [6.07, 6.45) is 3.06. The first kappa shape index (κ1) is 19.1. The van der Waals surface area contributed by atoms with Crippen LogP contribution < -0.4 is 4.90 Å². The van der Waals surface area contributed by atoms with Gasteiger partial charge in [0.25, 0.3) is 0 Å². The second-order valence-electron chi connectivity index (χ2n) is 8.19. The van der Waals surface area contributed by atoms with Gasteiger partial charge in [-0.05, 0) is 55.5 Å². The predicted molar refractivity (Wildman–Crippen MR) is 112 cm³/mol. The number of nitrogens with zero attached hydrogens (tertiary/aromatic N) is 1. The van der Waals surface area contributed by atoms with Gasteiger partial charge in [-0.3, -0.25) is 14.5 Å². The van der Waals surface area contributed by atoms with Crippen LogP contribution in [-0.2, 0) is 20.9 Å². The van der Waals surface area contributed by atoms with E-state index in [0.29, 0.717) is 16.3 Å². The summed E-state index contributed by atoms with van der Waals surface area (Å²) in [4.78, 5) is 39.6. The smallest absolute Gasteiger partial charge is 0.338 e. The van der Waals surface area contributed by atoms with E-state index < -0.39 is 5.97 Å². The number of hydrogen-bond acceptors (Lipinski definition) is 4. The van der Waals surface area contributed by atoms with E-state index in [1.54, 1.807) is 36.4 Å². The molecule has 5 rings (SSSR count). The highest BCUT2D eigenvalue weighted by atomic mass is 35.5. The lowest BCUT2D eigenvalue weighted by Crippen LogP contribution is -2.32. The highest BCUT2D eigenvalue weighted by molar-refractivity contribution is 6.31. The lowest BCUT2D eigenvalue weighted by atomic mass is 9.82. The Morgan fingerprint density at radius 3 is 2.50 bits per heavy atom. The van der Waals surface area contributed by atoms with Crippen molar-refractivity contribution in [3.05, 3.63) is 76.3 Å². The van der Waals surface area contributed by atoms with E-state index in [2.05, 4.69) is 6.08 Å². The van der Waals surface area contributed by atoms with Crippen LogP contribution in [0.3, 0.4) is 0 Å². The lowest BCUT2D eigenvalue weighted by Gasteiger charge is -2.19. The minimum absolute atomic E-state index is 0.0713. The third kappa shape index (κ3) is 2.88. The Balaban J connectivity index is 1.30. The molecule has 5 nitrogen and oxygen atoms in total. The number of carbonyl (C=O) groups excluding carboxylic acids is 3. The summed E-state index contributed by atoms with van der Waals surface area (Å²) in [5.74, 6) is -0.884. The number of hydrogen-bond donors (Lipinski definition) is 0. The molecule has 0 aromatic heterocycles. The number of esters is 1. The molecule has 1 saturated carbocycles. The van der Waals surface area contributed by atoms with Gasteiger partial charge in [0.2, 0.25) is 11.8 Å². The van der Waals surface area contributed by atoms with Crippen molar-refractivity contribution < 1.29 is 19.1 Å². The normalized spacial score (nSPS) is 26.7. The Bertz CT molecular complexity index is 1090. The van der Waals surface area contributed by atoms with Crippen molar-refractivity contribution in [1.82, 2.24) is 0 Å². The van der Waals surface area contributed by atoms with Gasteiger partial charge in [-0.1, -0.05) is 41.4 Å². The maximum absolute atomic E-state index is 13.0. The van der Waals surface area contributed by atoms with Crippen LogP contribution in [-0.4, -0.2) is 17.8 Å². The fraction of sp³-hybridized carbons (Fsp3) is 0.292. The van der Waals surface area contributed by atoms with Crippen LogP contribution in [0.5, 0.6) is 0 Å². The Morgan fingerprint density at radius 2 is 1.77 bits per heavy atom. The van der Waals surface area contributed by atoms with Gasteiger partial charge in [-0.15, -0.1) is 0 Å². The SMILES string of the molecule is CC1=C[C@@H]2C[C@@H]1[C@@H]1C(=O)N(c3ccc(C(=O)OCc4ccccc4Cl)cc3)C(=O)[C@H]12. The number of benzene rings is 2. The first-order chi connectivity index (χ1) is 14.5. The zero-order chi connectivity index (χ0) is 21.0. The first-order valence-corrected chi connectivity index (χ1v) is 10.4. The van der Waals surface area contributed by atoms with E-state index in [1.807, 2.05) is 19.1 Å². The number of fused-ring (bicyclic) bond motifs is 5. The zero-order valence-electron chi connectivity index (χ0n) is 16.4. The number of carbonyl (C=O) groups is 3. The lowest BCUT2D eigenvalue weighted by molar-refractivity contribution is -0.123. The molecule has 1 saturated heterocycles. The summed E-state index contributed by atoms with van der Waals surface area (Å²) in [5.41, 5.74) is 2.80. The van der Waals surface area contributed by atoms with Crippen molar-refractivity contribution in [3.8, 4) is 0 Å². The number of ether oxygens (including phenoxy) is 1. The topological polar surface area (TPSA) is 63.7 Å². The van der Waals surface area contributed by atoms with Crippen molar-refractivity contribution in [2.45, 2.75) is 20.0 Å². The monoisotopic (exact) mass is 421 g/mol. The summed E-state index contributed by atoms with van der Waals surface area (Å²) < 4.78 is 5.33. The summed E-state index contributed by atoms with van der Waals surface area (Å²) in [7, 11) is 0. The second-order valence-corrected chi connectivity index (χ2v) is 8.60. The van der Waals surface area contributed by atoms with Gasteiger partial charge in [0.15, 0.2) is 0 Å². The van der Waals surface area contributed by atoms with E-state index in [0.717, 1.165) is 12.0 Å². The second kappa shape index (κ2) is 7.10. The Morgan fingerprint density at radius 1 is 1.07 bits per heavy atom. The molecule has 4 atom stereocenters. The van der Waals surface area contributed by atoms with E-state index in [4.69, 9.17) is 16.3 Å². The van der Waals surface area contributed by atoms with Crippen molar-refractivity contribution >= 4 is 35.1 Å². The van der Waals surface area contributed by atoms with Crippen LogP contribution in [0.2, 0.25) is 5.02 Å². The van der Waals surface area contributed by atoms with Gasteiger partial charge in [0.1, 0.15) is 6.61 Å². The third-order valence-electron chi connectivity index (χ3n) is 6.56. The Kier molecular flexibility index (Phi) is 4.51. The van der Waals surface area contributed by atoms with Crippen LogP contribution in [0.4, 0.5) is 5.69 Å². The molecule has 2 bridgehead atoms. The molecule has 0 radical (unpaired) electrons. The number of imide groups is 1. The van der Waals surface area contributed by atoms with Crippen LogP contribution >= 0.6 is 11.6 Å². The minimum Gasteiger partial charge on any atom is -0.457 e. The van der Waals surface area contributed by atoms with Crippen LogP contribution in [0, 0.1) is 23.7 Å². The van der Waals surface area contributed by atoms with E-state index in [-0.39, 0.29) is 42.1 Å². The number of halogens is 1. The van der Waals surface area contributed by atoms with Gasteiger partial charge in [0, 0.05) is 10.6 Å².